The summed E-state index contributed by atoms with van der Waals surface area (Å²) in [5, 5.41) is 10.9. The molecule has 0 radical (unpaired) electrons. The minimum atomic E-state index is -0.683. The van der Waals surface area contributed by atoms with E-state index in [1.807, 2.05) is 0 Å². The molecule has 1 aliphatic rings. The SMILES string of the molecule is O=C(O)CCC1CCCCN1Cc1sccc1Br. The molecule has 3 nitrogen and oxygen atoms in total. The number of piperidine rings is 1. The molecule has 18 heavy (non-hydrogen) atoms. The minimum absolute atomic E-state index is 0.285. The molecule has 1 fully saturated rings. The zero-order valence-electron chi connectivity index (χ0n) is 10.3. The molecule has 2 rings (SSSR count). The highest BCUT2D eigenvalue weighted by molar-refractivity contribution is 9.10. The van der Waals surface area contributed by atoms with Gasteiger partial charge in [-0.05, 0) is 53.2 Å². The van der Waals surface area contributed by atoms with Crippen LogP contribution in [0.5, 0.6) is 0 Å². The maximum atomic E-state index is 10.7. The van der Waals surface area contributed by atoms with E-state index in [2.05, 4.69) is 32.3 Å². The molecule has 0 aromatic carbocycles. The number of aliphatic carboxylic acids is 1. The third-order valence-corrected chi connectivity index (χ3v) is 5.39. The Kier molecular flexibility index (Phi) is 5.21. The number of carboxylic acid groups (broad SMARTS) is 1. The van der Waals surface area contributed by atoms with Crippen LogP contribution in [0.2, 0.25) is 0 Å². The van der Waals surface area contributed by atoms with Crippen LogP contribution in [-0.4, -0.2) is 28.6 Å². The zero-order valence-corrected chi connectivity index (χ0v) is 12.7. The summed E-state index contributed by atoms with van der Waals surface area (Å²) < 4.78 is 1.18. The van der Waals surface area contributed by atoms with Crippen LogP contribution in [0.15, 0.2) is 15.9 Å². The Labute approximate surface area is 120 Å². The maximum Gasteiger partial charge on any atom is 0.303 e. The van der Waals surface area contributed by atoms with Crippen molar-refractivity contribution < 1.29 is 9.90 Å². The summed E-state index contributed by atoms with van der Waals surface area (Å²) in [7, 11) is 0. The van der Waals surface area contributed by atoms with Crippen LogP contribution in [0.3, 0.4) is 0 Å². The number of hydrogen-bond donors (Lipinski definition) is 1. The molecule has 0 spiro atoms. The Hall–Kier alpha value is -0.390. The van der Waals surface area contributed by atoms with Gasteiger partial charge in [-0.2, -0.15) is 0 Å². The van der Waals surface area contributed by atoms with E-state index in [0.717, 1.165) is 25.9 Å². The minimum Gasteiger partial charge on any atom is -0.481 e. The molecule has 5 heteroatoms. The first-order valence-electron chi connectivity index (χ1n) is 6.34. The first-order valence-corrected chi connectivity index (χ1v) is 8.02. The molecule has 0 amide bonds. The van der Waals surface area contributed by atoms with E-state index in [9.17, 15) is 4.79 Å². The summed E-state index contributed by atoms with van der Waals surface area (Å²) in [5.41, 5.74) is 0. The van der Waals surface area contributed by atoms with E-state index < -0.39 is 5.97 Å². The summed E-state index contributed by atoms with van der Waals surface area (Å²) in [4.78, 5) is 14.5. The van der Waals surface area contributed by atoms with Crippen LogP contribution in [0, 0.1) is 0 Å². The van der Waals surface area contributed by atoms with Crippen LogP contribution in [0.25, 0.3) is 0 Å². The van der Waals surface area contributed by atoms with Crippen molar-refractivity contribution >= 4 is 33.2 Å². The van der Waals surface area contributed by atoms with Crippen molar-refractivity contribution in [1.29, 1.82) is 0 Å². The number of nitrogens with zero attached hydrogens (tertiary/aromatic N) is 1. The lowest BCUT2D eigenvalue weighted by Crippen LogP contribution is -2.39. The molecule has 1 aromatic rings. The standard InChI is InChI=1S/C13H18BrNO2S/c14-11-6-8-18-12(11)9-15-7-2-1-3-10(15)4-5-13(16)17/h6,8,10H,1-5,7,9H2,(H,16,17). The molecule has 1 N–H and O–H groups in total. The van der Waals surface area contributed by atoms with Gasteiger partial charge in [-0.3, -0.25) is 9.69 Å². The van der Waals surface area contributed by atoms with Gasteiger partial charge >= 0.3 is 5.97 Å². The molecular weight excluding hydrogens is 314 g/mol. The van der Waals surface area contributed by atoms with Crippen LogP contribution < -0.4 is 0 Å². The molecule has 0 aliphatic carbocycles. The van der Waals surface area contributed by atoms with Crippen LogP contribution >= 0.6 is 27.3 Å². The first kappa shape index (κ1) is 14.0. The summed E-state index contributed by atoms with van der Waals surface area (Å²) in [6.45, 7) is 2.04. The highest BCUT2D eigenvalue weighted by Crippen LogP contribution is 2.28. The van der Waals surface area contributed by atoms with Gasteiger partial charge in [0.2, 0.25) is 0 Å². The Bertz CT molecular complexity index is 407. The second kappa shape index (κ2) is 6.68. The Morgan fingerprint density at radius 2 is 2.39 bits per heavy atom. The second-order valence-electron chi connectivity index (χ2n) is 4.74. The summed E-state index contributed by atoms with van der Waals surface area (Å²) in [6.07, 6.45) is 4.65. The fraction of sp³-hybridized carbons (Fsp3) is 0.615. The van der Waals surface area contributed by atoms with Crippen molar-refractivity contribution in [3.63, 3.8) is 0 Å². The number of carbonyl (C=O) groups is 1. The van der Waals surface area contributed by atoms with Gasteiger partial charge in [0.05, 0.1) is 0 Å². The summed E-state index contributed by atoms with van der Waals surface area (Å²) >= 11 is 5.33. The van der Waals surface area contributed by atoms with Crippen LogP contribution in [0.1, 0.15) is 37.0 Å². The van der Waals surface area contributed by atoms with E-state index in [1.54, 1.807) is 11.3 Å². The number of halogens is 1. The van der Waals surface area contributed by atoms with Gasteiger partial charge in [-0.1, -0.05) is 6.42 Å². The fourth-order valence-electron chi connectivity index (χ4n) is 2.51. The third kappa shape index (κ3) is 3.80. The summed E-state index contributed by atoms with van der Waals surface area (Å²) in [6, 6.07) is 2.51. The number of rotatable bonds is 5. The predicted molar refractivity (Wildman–Crippen MR) is 76.9 cm³/mol. The topological polar surface area (TPSA) is 40.5 Å². The van der Waals surface area contributed by atoms with Gasteiger partial charge in [0.25, 0.3) is 0 Å². The highest BCUT2D eigenvalue weighted by atomic mass is 79.9. The quantitative estimate of drug-likeness (QED) is 0.893. The third-order valence-electron chi connectivity index (χ3n) is 3.48. The molecule has 1 aliphatic heterocycles. The lowest BCUT2D eigenvalue weighted by Gasteiger charge is -2.35. The second-order valence-corrected chi connectivity index (χ2v) is 6.60. The molecule has 100 valence electrons. The first-order chi connectivity index (χ1) is 8.66. The number of likely N-dealkylation sites (tertiary alicyclic amines) is 1. The number of carboxylic acids is 1. The maximum absolute atomic E-state index is 10.7. The van der Waals surface area contributed by atoms with Gasteiger partial charge < -0.3 is 5.11 Å². The van der Waals surface area contributed by atoms with E-state index in [4.69, 9.17) is 5.11 Å². The zero-order chi connectivity index (χ0) is 13.0. The number of thiophene rings is 1. The smallest absolute Gasteiger partial charge is 0.303 e. The molecule has 2 heterocycles. The van der Waals surface area contributed by atoms with Gasteiger partial charge in [0, 0.05) is 28.4 Å². The average molecular weight is 332 g/mol. The normalized spacial score (nSPS) is 21.1. The average Bonchev–Trinajstić information content (AvgIpc) is 2.74. The molecule has 0 saturated carbocycles. The predicted octanol–water partition coefficient (Wildman–Crippen LogP) is 3.73. The Morgan fingerprint density at radius 1 is 1.56 bits per heavy atom. The van der Waals surface area contributed by atoms with Gasteiger partial charge in [0.1, 0.15) is 0 Å². The molecule has 1 saturated heterocycles. The largest absolute Gasteiger partial charge is 0.481 e. The van der Waals surface area contributed by atoms with Crippen molar-refractivity contribution in [1.82, 2.24) is 4.90 Å². The van der Waals surface area contributed by atoms with E-state index in [-0.39, 0.29) is 6.42 Å². The lowest BCUT2D eigenvalue weighted by molar-refractivity contribution is -0.137. The molecule has 1 aromatic heterocycles. The number of hydrogen-bond acceptors (Lipinski definition) is 3. The summed E-state index contributed by atoms with van der Waals surface area (Å²) in [5.74, 6) is -0.683. The van der Waals surface area contributed by atoms with Crippen molar-refractivity contribution in [2.45, 2.75) is 44.7 Å². The van der Waals surface area contributed by atoms with Crippen LogP contribution in [-0.2, 0) is 11.3 Å². The fourth-order valence-corrected chi connectivity index (χ4v) is 4.01. The van der Waals surface area contributed by atoms with Crippen molar-refractivity contribution in [3.8, 4) is 0 Å². The highest BCUT2D eigenvalue weighted by Gasteiger charge is 2.23. The lowest BCUT2D eigenvalue weighted by atomic mass is 9.98. The Balaban J connectivity index is 1.95. The van der Waals surface area contributed by atoms with Crippen molar-refractivity contribution in [2.24, 2.45) is 0 Å². The van der Waals surface area contributed by atoms with Crippen molar-refractivity contribution in [2.75, 3.05) is 6.54 Å². The van der Waals surface area contributed by atoms with Gasteiger partial charge in [-0.25, -0.2) is 0 Å². The van der Waals surface area contributed by atoms with E-state index in [0.29, 0.717) is 6.04 Å². The van der Waals surface area contributed by atoms with E-state index in [1.165, 1.54) is 22.2 Å². The van der Waals surface area contributed by atoms with Gasteiger partial charge in [0.15, 0.2) is 0 Å². The van der Waals surface area contributed by atoms with Gasteiger partial charge in [-0.15, -0.1) is 11.3 Å². The van der Waals surface area contributed by atoms with E-state index >= 15 is 0 Å². The van der Waals surface area contributed by atoms with Crippen molar-refractivity contribution in [3.05, 3.63) is 20.8 Å². The molecule has 0 bridgehead atoms. The molecule has 1 atom stereocenters. The molecule has 1 unspecified atom stereocenters. The molecular formula is C13H18BrNO2S. The van der Waals surface area contributed by atoms with Crippen LogP contribution in [0.4, 0.5) is 0 Å². The Morgan fingerprint density at radius 3 is 3.06 bits per heavy atom. The monoisotopic (exact) mass is 331 g/mol.